The smallest absolute Gasteiger partial charge is 0.192 e. The van der Waals surface area contributed by atoms with Gasteiger partial charge in [-0.15, -0.1) is 0 Å². The summed E-state index contributed by atoms with van der Waals surface area (Å²) >= 11 is 0. The van der Waals surface area contributed by atoms with Gasteiger partial charge in [0, 0.05) is 0 Å². The van der Waals surface area contributed by atoms with E-state index in [1.54, 1.807) is 55.6 Å². The molecule has 2 rings (SSSR count). The zero-order valence-electron chi connectivity index (χ0n) is 22.6. The van der Waals surface area contributed by atoms with E-state index < -0.39 is 0 Å². The van der Waals surface area contributed by atoms with Crippen LogP contribution >= 0.6 is 0 Å². The molecule has 0 aliphatic rings. The molecule has 2 aromatic rings. The minimum absolute atomic E-state index is 0. The molecule has 0 aromatic heterocycles. The molecule has 0 unspecified atom stereocenters. The molecule has 0 aliphatic carbocycles. The third-order valence-electron chi connectivity index (χ3n) is 7.18. The standard InChI is InChI=1S/2C15H25.Zr/c2*1-6-11-12(7-2)14(9-4)15(10-5)13(11)8-3;/h2*6-10H2,1-5H3;/q2*-1;+2. The molecule has 0 fully saturated rings. The van der Waals surface area contributed by atoms with Crippen LogP contribution in [0.4, 0.5) is 0 Å². The molecule has 1 heteroatoms. The van der Waals surface area contributed by atoms with E-state index in [1.165, 1.54) is 64.2 Å². The Balaban J connectivity index is 0.000000562. The van der Waals surface area contributed by atoms with Gasteiger partial charge in [-0.25, -0.2) is 0 Å². The van der Waals surface area contributed by atoms with Crippen LogP contribution in [-0.4, -0.2) is 0 Å². The van der Waals surface area contributed by atoms with E-state index in [1.807, 2.05) is 0 Å². The summed E-state index contributed by atoms with van der Waals surface area (Å²) in [6, 6.07) is 0. The summed E-state index contributed by atoms with van der Waals surface area (Å²) in [5.74, 6) is 0. The van der Waals surface area contributed by atoms with Gasteiger partial charge in [0.25, 0.3) is 0 Å². The molecule has 0 N–H and O–H groups in total. The monoisotopic (exact) mass is 500 g/mol. The second-order valence-corrected chi connectivity index (χ2v) is 8.32. The van der Waals surface area contributed by atoms with Crippen molar-refractivity contribution >= 4 is 0 Å². The van der Waals surface area contributed by atoms with E-state index in [0.29, 0.717) is 0 Å². The molecular formula is C30H50Zr. The Morgan fingerprint density at radius 3 is 0.645 bits per heavy atom. The summed E-state index contributed by atoms with van der Waals surface area (Å²) in [5, 5.41) is 0. The second-order valence-electron chi connectivity index (χ2n) is 8.32. The first-order chi connectivity index (χ1) is 14.5. The molecule has 0 aliphatic heterocycles. The first kappa shape index (κ1) is 30.6. The summed E-state index contributed by atoms with van der Waals surface area (Å²) in [6.07, 6.45) is 12.1. The molecule has 31 heavy (non-hydrogen) atoms. The van der Waals surface area contributed by atoms with E-state index in [0.717, 1.165) is 0 Å². The van der Waals surface area contributed by atoms with Gasteiger partial charge in [0.1, 0.15) is 0 Å². The molecular weight excluding hydrogens is 452 g/mol. The van der Waals surface area contributed by atoms with Gasteiger partial charge in [-0.1, -0.05) is 133 Å². The van der Waals surface area contributed by atoms with Gasteiger partial charge in [0.2, 0.25) is 0 Å². The molecule has 0 saturated carbocycles. The quantitative estimate of drug-likeness (QED) is 0.286. The molecule has 2 aromatic carbocycles. The van der Waals surface area contributed by atoms with Crippen LogP contribution in [-0.2, 0) is 90.4 Å². The zero-order chi connectivity index (χ0) is 22.8. The van der Waals surface area contributed by atoms with E-state index in [2.05, 4.69) is 69.2 Å². The summed E-state index contributed by atoms with van der Waals surface area (Å²) in [6.45, 7) is 23.0. The Kier molecular flexibility index (Phi) is 15.2. The SMILES string of the molecule is CCc1c(CC)c(CC)[c-](CC)c1CC.CCc1c(CC)c(CC)[c-](CC)c1CC.[Zr+2]. The summed E-state index contributed by atoms with van der Waals surface area (Å²) in [4.78, 5) is 0. The molecule has 0 saturated heterocycles. The molecule has 0 bridgehead atoms. The average molecular weight is 502 g/mol. The average Bonchev–Trinajstić information content (AvgIpc) is 3.27. The van der Waals surface area contributed by atoms with Gasteiger partial charge in [-0.2, -0.15) is 55.6 Å². The summed E-state index contributed by atoms with van der Waals surface area (Å²) in [5.41, 5.74) is 16.6. The van der Waals surface area contributed by atoms with E-state index >= 15 is 0 Å². The fourth-order valence-corrected chi connectivity index (χ4v) is 6.09. The molecule has 0 spiro atoms. The van der Waals surface area contributed by atoms with Crippen molar-refractivity contribution in [1.82, 2.24) is 0 Å². The molecule has 0 atom stereocenters. The van der Waals surface area contributed by atoms with Crippen LogP contribution in [0.25, 0.3) is 0 Å². The topological polar surface area (TPSA) is 0 Å². The van der Waals surface area contributed by atoms with Crippen molar-refractivity contribution in [2.24, 2.45) is 0 Å². The first-order valence-corrected chi connectivity index (χ1v) is 13.1. The minimum Gasteiger partial charge on any atom is -0.192 e. The van der Waals surface area contributed by atoms with Crippen LogP contribution in [0.1, 0.15) is 125 Å². The fourth-order valence-electron chi connectivity index (χ4n) is 6.09. The Morgan fingerprint density at radius 1 is 0.355 bits per heavy atom. The van der Waals surface area contributed by atoms with Crippen LogP contribution in [0.2, 0.25) is 0 Å². The zero-order valence-corrected chi connectivity index (χ0v) is 25.0. The first-order valence-electron chi connectivity index (χ1n) is 13.1. The maximum atomic E-state index is 2.30. The molecule has 0 amide bonds. The van der Waals surface area contributed by atoms with E-state index in [4.69, 9.17) is 0 Å². The van der Waals surface area contributed by atoms with Crippen molar-refractivity contribution in [3.63, 3.8) is 0 Å². The predicted molar refractivity (Wildman–Crippen MR) is 138 cm³/mol. The fraction of sp³-hybridized carbons (Fsp3) is 0.667. The van der Waals surface area contributed by atoms with Gasteiger partial charge in [0.05, 0.1) is 0 Å². The van der Waals surface area contributed by atoms with Gasteiger partial charge in [-0.3, -0.25) is 0 Å². The minimum atomic E-state index is 0. The van der Waals surface area contributed by atoms with Gasteiger partial charge >= 0.3 is 26.2 Å². The maximum Gasteiger partial charge on any atom is 2.00 e. The van der Waals surface area contributed by atoms with Crippen molar-refractivity contribution in [3.8, 4) is 0 Å². The van der Waals surface area contributed by atoms with Gasteiger partial charge in [-0.05, 0) is 0 Å². The van der Waals surface area contributed by atoms with E-state index in [9.17, 15) is 0 Å². The Labute approximate surface area is 214 Å². The molecule has 0 heterocycles. The predicted octanol–water partition coefficient (Wildman–Crippen LogP) is 8.43. The van der Waals surface area contributed by atoms with E-state index in [-0.39, 0.29) is 26.2 Å². The molecule has 0 radical (unpaired) electrons. The van der Waals surface area contributed by atoms with Gasteiger partial charge < -0.3 is 0 Å². The maximum absolute atomic E-state index is 2.30. The third kappa shape index (κ3) is 6.34. The number of hydrogen-bond acceptors (Lipinski definition) is 0. The normalized spacial score (nSPS) is 10.6. The second kappa shape index (κ2) is 15.4. The van der Waals surface area contributed by atoms with Crippen molar-refractivity contribution < 1.29 is 26.2 Å². The largest absolute Gasteiger partial charge is 2.00 e. The van der Waals surface area contributed by atoms with Crippen LogP contribution in [0.5, 0.6) is 0 Å². The van der Waals surface area contributed by atoms with Crippen LogP contribution < -0.4 is 0 Å². The molecule has 0 nitrogen and oxygen atoms in total. The number of hydrogen-bond donors (Lipinski definition) is 0. The van der Waals surface area contributed by atoms with Crippen molar-refractivity contribution in [1.29, 1.82) is 0 Å². The van der Waals surface area contributed by atoms with Crippen molar-refractivity contribution in [2.75, 3.05) is 0 Å². The van der Waals surface area contributed by atoms with Crippen LogP contribution in [0, 0.1) is 0 Å². The molecule has 174 valence electrons. The summed E-state index contributed by atoms with van der Waals surface area (Å²) < 4.78 is 0. The number of rotatable bonds is 10. The van der Waals surface area contributed by atoms with Crippen molar-refractivity contribution in [2.45, 2.75) is 133 Å². The summed E-state index contributed by atoms with van der Waals surface area (Å²) in [7, 11) is 0. The Morgan fingerprint density at radius 2 is 0.548 bits per heavy atom. The van der Waals surface area contributed by atoms with Crippen LogP contribution in [0.3, 0.4) is 0 Å². The Bertz CT molecular complexity index is 519. The van der Waals surface area contributed by atoms with Crippen molar-refractivity contribution in [3.05, 3.63) is 55.6 Å². The van der Waals surface area contributed by atoms with Crippen LogP contribution in [0.15, 0.2) is 0 Å². The third-order valence-corrected chi connectivity index (χ3v) is 7.18. The van der Waals surface area contributed by atoms with Gasteiger partial charge in [0.15, 0.2) is 0 Å². The Hall–Kier alpha value is -0.417.